The molecule has 11 nitrogen and oxygen atoms in total. The maximum Gasteiger partial charge on any atom is 0.323 e. The molecular formula is C19H20F2N8O3. The predicted molar refractivity (Wildman–Crippen MR) is 111 cm³/mol. The molecule has 0 aliphatic carbocycles. The third-order valence-electron chi connectivity index (χ3n) is 4.49. The number of aryl methyl sites for hydroxylation is 1. The highest BCUT2D eigenvalue weighted by molar-refractivity contribution is 6.06. The molecule has 13 heteroatoms. The van der Waals surface area contributed by atoms with Crippen LogP contribution in [0.25, 0.3) is 11.5 Å². The summed E-state index contributed by atoms with van der Waals surface area (Å²) in [6.07, 6.45) is 4.17. The van der Waals surface area contributed by atoms with E-state index in [4.69, 9.17) is 4.42 Å². The van der Waals surface area contributed by atoms with Crippen molar-refractivity contribution in [3.05, 3.63) is 36.5 Å². The second-order valence-corrected chi connectivity index (χ2v) is 7.27. The highest BCUT2D eigenvalue weighted by Crippen LogP contribution is 2.26. The SMILES string of the molecule is Cn1cc(NC(=O)c2coc(-c3ccnc(NCC(C)(F)F)c3)n2)c(N2CCNC2=O)n1. The monoisotopic (exact) mass is 446 g/mol. The number of amides is 3. The van der Waals surface area contributed by atoms with Crippen molar-refractivity contribution in [2.75, 3.05) is 35.2 Å². The van der Waals surface area contributed by atoms with Crippen LogP contribution in [0.15, 0.2) is 35.2 Å². The van der Waals surface area contributed by atoms with Gasteiger partial charge in [-0.25, -0.2) is 23.5 Å². The van der Waals surface area contributed by atoms with Crippen LogP contribution in [-0.2, 0) is 7.05 Å². The fourth-order valence-electron chi connectivity index (χ4n) is 3.04. The molecule has 4 rings (SSSR count). The lowest BCUT2D eigenvalue weighted by molar-refractivity contribution is 0.0367. The molecule has 0 atom stereocenters. The van der Waals surface area contributed by atoms with Gasteiger partial charge in [-0.15, -0.1) is 0 Å². The zero-order valence-corrected chi connectivity index (χ0v) is 17.2. The summed E-state index contributed by atoms with van der Waals surface area (Å²) in [5.74, 6) is -2.80. The Labute approximate surface area is 180 Å². The Morgan fingerprint density at radius 1 is 1.41 bits per heavy atom. The Morgan fingerprint density at radius 3 is 2.94 bits per heavy atom. The number of rotatable bonds is 7. The van der Waals surface area contributed by atoms with Crippen molar-refractivity contribution in [1.82, 2.24) is 25.1 Å². The van der Waals surface area contributed by atoms with Gasteiger partial charge in [0.05, 0.1) is 12.7 Å². The average Bonchev–Trinajstić information content (AvgIpc) is 3.46. The smallest absolute Gasteiger partial charge is 0.323 e. The largest absolute Gasteiger partial charge is 0.444 e. The number of hydrogen-bond donors (Lipinski definition) is 3. The lowest BCUT2D eigenvalue weighted by Crippen LogP contribution is -2.29. The van der Waals surface area contributed by atoms with Crippen molar-refractivity contribution >= 4 is 29.3 Å². The number of nitrogens with one attached hydrogen (secondary N) is 3. The van der Waals surface area contributed by atoms with Crippen LogP contribution in [0.3, 0.4) is 0 Å². The summed E-state index contributed by atoms with van der Waals surface area (Å²) < 4.78 is 33.0. The predicted octanol–water partition coefficient (Wildman–Crippen LogP) is 2.32. The van der Waals surface area contributed by atoms with Gasteiger partial charge in [0.1, 0.15) is 17.8 Å². The van der Waals surface area contributed by atoms with E-state index in [-0.39, 0.29) is 23.4 Å². The molecule has 3 amide bonds. The minimum atomic E-state index is -2.90. The molecule has 168 valence electrons. The van der Waals surface area contributed by atoms with Crippen molar-refractivity contribution in [3.8, 4) is 11.5 Å². The van der Waals surface area contributed by atoms with Gasteiger partial charge in [0, 0.05) is 38.8 Å². The van der Waals surface area contributed by atoms with Gasteiger partial charge in [-0.1, -0.05) is 0 Å². The van der Waals surface area contributed by atoms with E-state index in [0.717, 1.165) is 6.92 Å². The first-order valence-electron chi connectivity index (χ1n) is 9.63. The van der Waals surface area contributed by atoms with Crippen molar-refractivity contribution in [1.29, 1.82) is 0 Å². The van der Waals surface area contributed by atoms with Gasteiger partial charge in [-0.05, 0) is 12.1 Å². The van der Waals surface area contributed by atoms with Crippen LogP contribution < -0.4 is 20.9 Å². The Kier molecular flexibility index (Phi) is 5.47. The van der Waals surface area contributed by atoms with Crippen LogP contribution in [0.4, 0.5) is 30.9 Å². The fraction of sp³-hybridized carbons (Fsp3) is 0.316. The molecule has 32 heavy (non-hydrogen) atoms. The third kappa shape index (κ3) is 4.66. The minimum absolute atomic E-state index is 0.00732. The molecule has 0 aromatic carbocycles. The van der Waals surface area contributed by atoms with Crippen LogP contribution in [0.1, 0.15) is 17.4 Å². The van der Waals surface area contributed by atoms with Crippen molar-refractivity contribution in [2.45, 2.75) is 12.8 Å². The van der Waals surface area contributed by atoms with E-state index >= 15 is 0 Å². The molecule has 0 spiro atoms. The summed E-state index contributed by atoms with van der Waals surface area (Å²) in [6.45, 7) is 1.13. The van der Waals surface area contributed by atoms with Gasteiger partial charge in [0.15, 0.2) is 11.5 Å². The van der Waals surface area contributed by atoms with Crippen molar-refractivity contribution in [3.63, 3.8) is 0 Å². The van der Waals surface area contributed by atoms with Gasteiger partial charge in [0.25, 0.3) is 11.8 Å². The lowest BCUT2D eigenvalue weighted by atomic mass is 10.2. The van der Waals surface area contributed by atoms with E-state index in [0.29, 0.717) is 30.2 Å². The molecule has 3 aromatic heterocycles. The minimum Gasteiger partial charge on any atom is -0.444 e. The van der Waals surface area contributed by atoms with E-state index in [2.05, 4.69) is 31.0 Å². The first-order valence-corrected chi connectivity index (χ1v) is 9.63. The number of carbonyl (C=O) groups is 2. The first kappa shape index (κ1) is 21.2. The standard InChI is InChI=1S/C19H20F2N8O3/c1-19(20,21)10-24-14-7-11(3-4-22-14)17-26-13(9-32-17)16(30)25-12-8-28(2)27-15(12)29-6-5-23-18(29)31/h3-4,7-9H,5-6,10H2,1-2H3,(H,22,24)(H,23,31)(H,25,30). The highest BCUT2D eigenvalue weighted by Gasteiger charge is 2.27. The summed E-state index contributed by atoms with van der Waals surface area (Å²) in [5, 5.41) is 12.1. The topological polar surface area (TPSA) is 130 Å². The molecule has 4 heterocycles. The van der Waals surface area contributed by atoms with Gasteiger partial charge in [-0.2, -0.15) is 5.10 Å². The second kappa shape index (κ2) is 8.24. The molecule has 1 saturated heterocycles. The normalized spacial score (nSPS) is 13.9. The maximum atomic E-state index is 13.1. The van der Waals surface area contributed by atoms with Crippen LogP contribution in [0.2, 0.25) is 0 Å². The third-order valence-corrected chi connectivity index (χ3v) is 4.49. The molecule has 3 aromatic rings. The zero-order valence-electron chi connectivity index (χ0n) is 17.2. The Balaban J connectivity index is 1.49. The van der Waals surface area contributed by atoms with E-state index in [1.165, 1.54) is 28.1 Å². The second-order valence-electron chi connectivity index (χ2n) is 7.27. The van der Waals surface area contributed by atoms with Gasteiger partial charge in [-0.3, -0.25) is 14.4 Å². The van der Waals surface area contributed by atoms with Gasteiger partial charge < -0.3 is 20.4 Å². The molecule has 3 N–H and O–H groups in total. The molecule has 0 unspecified atom stereocenters. The number of pyridine rings is 1. The molecule has 1 aliphatic heterocycles. The number of anilines is 3. The number of nitrogens with zero attached hydrogens (tertiary/aromatic N) is 5. The average molecular weight is 446 g/mol. The number of urea groups is 1. The summed E-state index contributed by atoms with van der Waals surface area (Å²) in [4.78, 5) is 34.2. The number of alkyl halides is 2. The summed E-state index contributed by atoms with van der Waals surface area (Å²) >= 11 is 0. The molecule has 0 saturated carbocycles. The number of carbonyl (C=O) groups excluding carboxylic acids is 2. The molecular weight excluding hydrogens is 426 g/mol. The van der Waals surface area contributed by atoms with Crippen LogP contribution in [0, 0.1) is 0 Å². The Morgan fingerprint density at radius 2 is 2.22 bits per heavy atom. The molecule has 0 bridgehead atoms. The van der Waals surface area contributed by atoms with Crippen LogP contribution >= 0.6 is 0 Å². The van der Waals surface area contributed by atoms with Crippen molar-refractivity contribution in [2.24, 2.45) is 7.05 Å². The molecule has 0 radical (unpaired) electrons. The van der Waals surface area contributed by atoms with E-state index < -0.39 is 18.4 Å². The zero-order chi connectivity index (χ0) is 22.9. The van der Waals surface area contributed by atoms with Crippen LogP contribution in [-0.4, -0.2) is 57.2 Å². The number of aromatic nitrogens is 4. The van der Waals surface area contributed by atoms with Gasteiger partial charge >= 0.3 is 6.03 Å². The van der Waals surface area contributed by atoms with Gasteiger partial charge in [0.2, 0.25) is 5.89 Å². The Hall–Kier alpha value is -4.03. The quantitative estimate of drug-likeness (QED) is 0.508. The maximum absolute atomic E-state index is 13.1. The first-order chi connectivity index (χ1) is 15.2. The lowest BCUT2D eigenvalue weighted by Gasteiger charge is -2.12. The summed E-state index contributed by atoms with van der Waals surface area (Å²) in [6, 6.07) is 2.77. The van der Waals surface area contributed by atoms with Crippen molar-refractivity contribution < 1.29 is 22.8 Å². The summed E-state index contributed by atoms with van der Waals surface area (Å²) in [7, 11) is 1.67. The fourth-order valence-corrected chi connectivity index (χ4v) is 3.04. The van der Waals surface area contributed by atoms with Crippen LogP contribution in [0.5, 0.6) is 0 Å². The van der Waals surface area contributed by atoms with E-state index in [1.54, 1.807) is 19.3 Å². The highest BCUT2D eigenvalue weighted by atomic mass is 19.3. The van der Waals surface area contributed by atoms with E-state index in [9.17, 15) is 18.4 Å². The summed E-state index contributed by atoms with van der Waals surface area (Å²) in [5.41, 5.74) is 0.791. The number of hydrogen-bond acceptors (Lipinski definition) is 7. The van der Waals surface area contributed by atoms with E-state index in [1.807, 2.05) is 0 Å². The molecule has 1 aliphatic rings. The Bertz CT molecular complexity index is 1150. The number of halogens is 2. The number of oxazole rings is 1. The molecule has 1 fully saturated rings.